The maximum Gasteiger partial charge on any atom is 0.312 e. The number of esters is 1. The van der Waals surface area contributed by atoms with Gasteiger partial charge in [-0.15, -0.1) is 0 Å². The maximum atomic E-state index is 11.8. The van der Waals surface area contributed by atoms with E-state index >= 15 is 0 Å². The van der Waals surface area contributed by atoms with Gasteiger partial charge in [0.15, 0.2) is 0 Å². The third-order valence-corrected chi connectivity index (χ3v) is 4.83. The van der Waals surface area contributed by atoms with Crippen molar-refractivity contribution in [3.63, 3.8) is 0 Å². The fraction of sp³-hybridized carbons (Fsp3) is 0.923. The van der Waals surface area contributed by atoms with Gasteiger partial charge >= 0.3 is 5.97 Å². The molecule has 1 N–H and O–H groups in total. The highest BCUT2D eigenvalue weighted by Crippen LogP contribution is 2.75. The first-order chi connectivity index (χ1) is 7.71. The molecule has 0 spiro atoms. The predicted octanol–water partition coefficient (Wildman–Crippen LogP) is 1.86. The normalized spacial score (nSPS) is 45.4. The SMILES string of the molecule is CCOC(=O)C12CC(C3CCCCN3)(C1)C2. The molecule has 3 heteroatoms. The average Bonchev–Trinajstić information content (AvgIpc) is 2.15. The molecule has 0 aromatic rings. The van der Waals surface area contributed by atoms with Crippen molar-refractivity contribution in [2.24, 2.45) is 10.8 Å². The molecule has 3 aliphatic carbocycles. The van der Waals surface area contributed by atoms with E-state index < -0.39 is 0 Å². The molecule has 4 fully saturated rings. The van der Waals surface area contributed by atoms with E-state index in [0.717, 1.165) is 19.3 Å². The zero-order valence-electron chi connectivity index (χ0n) is 10.1. The van der Waals surface area contributed by atoms with Gasteiger partial charge in [0.1, 0.15) is 0 Å². The number of ether oxygens (including phenoxy) is 1. The first kappa shape index (κ1) is 10.6. The molecule has 4 rings (SSSR count). The van der Waals surface area contributed by atoms with Crippen molar-refractivity contribution in [3.05, 3.63) is 0 Å². The Balaban J connectivity index is 1.58. The summed E-state index contributed by atoms with van der Waals surface area (Å²) in [6, 6.07) is 0.678. The van der Waals surface area contributed by atoms with Gasteiger partial charge in [0.25, 0.3) is 0 Å². The van der Waals surface area contributed by atoms with Crippen LogP contribution in [0.2, 0.25) is 0 Å². The molecule has 1 saturated heterocycles. The second-order valence-corrected chi connectivity index (χ2v) is 5.90. The summed E-state index contributed by atoms with van der Waals surface area (Å²) in [5.74, 6) is 0.0627. The smallest absolute Gasteiger partial charge is 0.312 e. The quantitative estimate of drug-likeness (QED) is 0.742. The molecule has 0 aromatic carbocycles. The lowest BCUT2D eigenvalue weighted by Gasteiger charge is -2.71. The molecular weight excluding hydrogens is 202 g/mol. The summed E-state index contributed by atoms with van der Waals surface area (Å²) < 4.78 is 5.16. The molecule has 0 aromatic heterocycles. The van der Waals surface area contributed by atoms with E-state index in [9.17, 15) is 4.79 Å². The molecule has 4 aliphatic rings. The van der Waals surface area contributed by atoms with Crippen molar-refractivity contribution in [3.8, 4) is 0 Å². The fourth-order valence-electron chi connectivity index (χ4n) is 4.11. The van der Waals surface area contributed by atoms with Crippen molar-refractivity contribution in [2.45, 2.75) is 51.5 Å². The lowest BCUT2D eigenvalue weighted by molar-refractivity contribution is -0.239. The van der Waals surface area contributed by atoms with Crippen LogP contribution in [0.25, 0.3) is 0 Å². The van der Waals surface area contributed by atoms with Crippen LogP contribution >= 0.6 is 0 Å². The van der Waals surface area contributed by atoms with Gasteiger partial charge < -0.3 is 10.1 Å². The highest BCUT2D eigenvalue weighted by molar-refractivity contribution is 5.81. The summed E-state index contributed by atoms with van der Waals surface area (Å²) in [5.41, 5.74) is 0.405. The Bertz CT molecular complexity index is 287. The van der Waals surface area contributed by atoms with E-state index in [0.29, 0.717) is 18.1 Å². The Hall–Kier alpha value is -0.570. The van der Waals surface area contributed by atoms with Crippen LogP contribution in [0.15, 0.2) is 0 Å². The molecule has 1 atom stereocenters. The average molecular weight is 223 g/mol. The van der Waals surface area contributed by atoms with E-state index in [4.69, 9.17) is 4.74 Å². The third-order valence-electron chi connectivity index (χ3n) is 4.83. The van der Waals surface area contributed by atoms with Crippen molar-refractivity contribution >= 4 is 5.97 Å². The van der Waals surface area contributed by atoms with Crippen LogP contribution in [0.5, 0.6) is 0 Å². The largest absolute Gasteiger partial charge is 0.466 e. The minimum absolute atomic E-state index is 0.0604. The van der Waals surface area contributed by atoms with Crippen LogP contribution in [-0.2, 0) is 9.53 Å². The molecule has 3 saturated carbocycles. The number of hydrogen-bond acceptors (Lipinski definition) is 3. The maximum absolute atomic E-state index is 11.8. The van der Waals surface area contributed by atoms with Crippen LogP contribution in [0, 0.1) is 10.8 Å². The highest BCUT2D eigenvalue weighted by atomic mass is 16.5. The summed E-state index contributed by atoms with van der Waals surface area (Å²) in [4.78, 5) is 11.8. The fourth-order valence-corrected chi connectivity index (χ4v) is 4.11. The van der Waals surface area contributed by atoms with E-state index in [2.05, 4.69) is 5.32 Å². The molecule has 16 heavy (non-hydrogen) atoms. The van der Waals surface area contributed by atoms with E-state index in [-0.39, 0.29) is 11.4 Å². The van der Waals surface area contributed by atoms with Gasteiger partial charge in [0.2, 0.25) is 0 Å². The summed E-state index contributed by atoms with van der Waals surface area (Å²) >= 11 is 0. The van der Waals surface area contributed by atoms with Crippen LogP contribution in [0.3, 0.4) is 0 Å². The Morgan fingerprint density at radius 3 is 2.69 bits per heavy atom. The highest BCUT2D eigenvalue weighted by Gasteiger charge is 2.74. The predicted molar refractivity (Wildman–Crippen MR) is 61.0 cm³/mol. The van der Waals surface area contributed by atoms with Gasteiger partial charge in [-0.05, 0) is 51.0 Å². The topological polar surface area (TPSA) is 38.3 Å². The van der Waals surface area contributed by atoms with Crippen molar-refractivity contribution < 1.29 is 9.53 Å². The Morgan fingerprint density at radius 2 is 2.12 bits per heavy atom. The number of piperidine rings is 1. The van der Waals surface area contributed by atoms with Gasteiger partial charge in [-0.2, -0.15) is 0 Å². The van der Waals surface area contributed by atoms with Crippen LogP contribution in [0.1, 0.15) is 45.4 Å². The summed E-state index contributed by atoms with van der Waals surface area (Å²) in [6.07, 6.45) is 7.21. The molecule has 1 heterocycles. The summed E-state index contributed by atoms with van der Waals surface area (Å²) in [5, 5.41) is 3.64. The van der Waals surface area contributed by atoms with Crippen LogP contribution in [0.4, 0.5) is 0 Å². The van der Waals surface area contributed by atoms with Crippen molar-refractivity contribution in [2.75, 3.05) is 13.2 Å². The number of carbonyl (C=O) groups excluding carboxylic acids is 1. The summed E-state index contributed by atoms with van der Waals surface area (Å²) in [6.45, 7) is 3.58. The molecule has 3 nitrogen and oxygen atoms in total. The zero-order valence-corrected chi connectivity index (χ0v) is 10.1. The lowest BCUT2D eigenvalue weighted by Crippen LogP contribution is -2.72. The zero-order chi connectivity index (χ0) is 11.2. The monoisotopic (exact) mass is 223 g/mol. The molecule has 0 amide bonds. The van der Waals surface area contributed by atoms with Gasteiger partial charge in [-0.1, -0.05) is 6.42 Å². The van der Waals surface area contributed by atoms with Crippen molar-refractivity contribution in [1.29, 1.82) is 0 Å². The second-order valence-electron chi connectivity index (χ2n) is 5.90. The molecule has 2 bridgehead atoms. The Morgan fingerprint density at radius 1 is 1.38 bits per heavy atom. The van der Waals surface area contributed by atoms with Gasteiger partial charge in [-0.25, -0.2) is 0 Å². The van der Waals surface area contributed by atoms with Gasteiger partial charge in [-0.3, -0.25) is 4.79 Å². The number of carbonyl (C=O) groups is 1. The number of nitrogens with one attached hydrogen (secondary N) is 1. The second kappa shape index (κ2) is 3.46. The minimum atomic E-state index is -0.0604. The Labute approximate surface area is 96.9 Å². The van der Waals surface area contributed by atoms with E-state index in [1.807, 2.05) is 6.92 Å². The molecule has 1 unspecified atom stereocenters. The van der Waals surface area contributed by atoms with Crippen LogP contribution in [-0.4, -0.2) is 25.2 Å². The Kier molecular flexibility index (Phi) is 2.29. The van der Waals surface area contributed by atoms with E-state index in [1.54, 1.807) is 0 Å². The lowest BCUT2D eigenvalue weighted by atomic mass is 9.32. The first-order valence-corrected chi connectivity index (χ1v) is 6.61. The molecule has 90 valence electrons. The minimum Gasteiger partial charge on any atom is -0.466 e. The standard InChI is InChI=1S/C13H21NO2/c1-2-16-11(15)13-7-12(8-13,9-13)10-5-3-4-6-14-10/h10,14H,2-9H2,1H3. The van der Waals surface area contributed by atoms with Gasteiger partial charge in [0.05, 0.1) is 12.0 Å². The van der Waals surface area contributed by atoms with Crippen molar-refractivity contribution in [1.82, 2.24) is 5.32 Å². The molecule has 0 radical (unpaired) electrons. The van der Waals surface area contributed by atoms with E-state index in [1.165, 1.54) is 25.8 Å². The first-order valence-electron chi connectivity index (χ1n) is 6.61. The van der Waals surface area contributed by atoms with Gasteiger partial charge in [0, 0.05) is 6.04 Å². The summed E-state index contributed by atoms with van der Waals surface area (Å²) in [7, 11) is 0. The van der Waals surface area contributed by atoms with Crippen LogP contribution < -0.4 is 5.32 Å². The molecule has 1 aliphatic heterocycles. The molecular formula is C13H21NO2. The number of rotatable bonds is 3. The third kappa shape index (κ3) is 1.27. The number of hydrogen-bond donors (Lipinski definition) is 1.